The summed E-state index contributed by atoms with van der Waals surface area (Å²) in [7, 11) is 0. The molecule has 0 fully saturated rings. The second-order valence-electron chi connectivity index (χ2n) is 5.39. The Balaban J connectivity index is 2.01. The summed E-state index contributed by atoms with van der Waals surface area (Å²) in [5.74, 6) is -1.43. The second kappa shape index (κ2) is 6.99. The molecule has 0 saturated carbocycles. The van der Waals surface area contributed by atoms with Crippen LogP contribution < -0.4 is 10.2 Å². The van der Waals surface area contributed by atoms with Gasteiger partial charge in [0.05, 0.1) is 11.6 Å². The number of carbonyl (C=O) groups excluding carboxylic acids is 1. The maximum Gasteiger partial charge on any atom is 0.368 e. The van der Waals surface area contributed by atoms with Gasteiger partial charge in [0.2, 0.25) is 11.1 Å². The van der Waals surface area contributed by atoms with Gasteiger partial charge in [-0.1, -0.05) is 18.2 Å². The fraction of sp³-hybridized carbons (Fsp3) is 0.0526. The van der Waals surface area contributed by atoms with Crippen molar-refractivity contribution >= 4 is 5.97 Å². The number of aromatic nitrogens is 2. The molecule has 0 atom stereocenters. The molecule has 0 aliphatic rings. The molecule has 3 aromatic rings. The zero-order valence-electron chi connectivity index (χ0n) is 13.6. The van der Waals surface area contributed by atoms with Gasteiger partial charge in [-0.3, -0.25) is 4.79 Å². The highest BCUT2D eigenvalue weighted by atomic mass is 19.1. The highest BCUT2D eigenvalue weighted by Crippen LogP contribution is 2.15. The predicted molar refractivity (Wildman–Crippen MR) is 90.6 cm³/mol. The van der Waals surface area contributed by atoms with Crippen molar-refractivity contribution in [2.24, 2.45) is 0 Å². The Labute approximate surface area is 147 Å². The number of rotatable bonds is 3. The van der Waals surface area contributed by atoms with Crippen LogP contribution in [0.3, 0.4) is 0 Å². The molecule has 1 heterocycles. The van der Waals surface area contributed by atoms with Crippen LogP contribution >= 0.6 is 0 Å². The Morgan fingerprint density at radius 3 is 2.69 bits per heavy atom. The number of esters is 1. The smallest absolute Gasteiger partial charge is 0.368 e. The van der Waals surface area contributed by atoms with Crippen molar-refractivity contribution < 1.29 is 13.9 Å². The summed E-state index contributed by atoms with van der Waals surface area (Å²) in [4.78, 5) is 24.5. The standard InChI is InChI=1S/C19H12FN3O3/c1-12-9-17(24)18(22-23(12)16-8-3-2-7-15(16)20)19(25)26-14-6-4-5-13(10-14)11-21/h2-10H,1H3. The molecule has 6 nitrogen and oxygen atoms in total. The van der Waals surface area contributed by atoms with Crippen molar-refractivity contribution in [3.63, 3.8) is 0 Å². The third kappa shape index (κ3) is 3.35. The molecular weight excluding hydrogens is 337 g/mol. The van der Waals surface area contributed by atoms with E-state index in [2.05, 4.69) is 5.10 Å². The van der Waals surface area contributed by atoms with Gasteiger partial charge >= 0.3 is 5.97 Å². The summed E-state index contributed by atoms with van der Waals surface area (Å²) >= 11 is 0. The first-order valence-corrected chi connectivity index (χ1v) is 7.58. The van der Waals surface area contributed by atoms with Gasteiger partial charge in [0.15, 0.2) is 0 Å². The fourth-order valence-electron chi connectivity index (χ4n) is 2.34. The second-order valence-corrected chi connectivity index (χ2v) is 5.39. The van der Waals surface area contributed by atoms with Crippen molar-refractivity contribution in [3.05, 3.63) is 87.6 Å². The molecule has 1 aromatic heterocycles. The van der Waals surface area contributed by atoms with Gasteiger partial charge in [-0.15, -0.1) is 0 Å². The van der Waals surface area contributed by atoms with Crippen LogP contribution in [0.15, 0.2) is 59.4 Å². The monoisotopic (exact) mass is 349 g/mol. The number of hydrogen-bond donors (Lipinski definition) is 0. The number of nitrogens with zero attached hydrogens (tertiary/aromatic N) is 3. The number of para-hydroxylation sites is 1. The van der Waals surface area contributed by atoms with E-state index in [0.29, 0.717) is 11.3 Å². The van der Waals surface area contributed by atoms with Crippen LogP contribution in [0.25, 0.3) is 5.69 Å². The van der Waals surface area contributed by atoms with Gasteiger partial charge in [0.25, 0.3) is 0 Å². The molecular formula is C19H12FN3O3. The Hall–Kier alpha value is -3.79. The SMILES string of the molecule is Cc1cc(=O)c(C(=O)Oc2cccc(C#N)c2)nn1-c1ccccc1F. The molecule has 0 N–H and O–H groups in total. The number of hydrogen-bond acceptors (Lipinski definition) is 5. The lowest BCUT2D eigenvalue weighted by molar-refractivity contribution is 0.0725. The summed E-state index contributed by atoms with van der Waals surface area (Å²) in [5.41, 5.74) is -0.359. The van der Waals surface area contributed by atoms with Crippen molar-refractivity contribution in [1.82, 2.24) is 9.78 Å². The maximum atomic E-state index is 14.0. The number of carbonyl (C=O) groups is 1. The highest BCUT2D eigenvalue weighted by molar-refractivity contribution is 5.88. The van der Waals surface area contributed by atoms with Crippen LogP contribution in [-0.2, 0) is 0 Å². The van der Waals surface area contributed by atoms with E-state index in [9.17, 15) is 14.0 Å². The van der Waals surface area contributed by atoms with Crippen molar-refractivity contribution in [2.45, 2.75) is 6.92 Å². The zero-order valence-corrected chi connectivity index (χ0v) is 13.6. The summed E-state index contributed by atoms with van der Waals surface area (Å²) in [6.45, 7) is 1.58. The number of ether oxygens (including phenoxy) is 1. The molecule has 0 unspecified atom stereocenters. The average Bonchev–Trinajstić information content (AvgIpc) is 2.63. The number of halogens is 1. The summed E-state index contributed by atoms with van der Waals surface area (Å²) < 4.78 is 20.3. The number of nitriles is 1. The van der Waals surface area contributed by atoms with E-state index >= 15 is 0 Å². The first-order valence-electron chi connectivity index (χ1n) is 7.58. The van der Waals surface area contributed by atoms with E-state index in [0.717, 1.165) is 0 Å². The largest absolute Gasteiger partial charge is 0.422 e. The van der Waals surface area contributed by atoms with Gasteiger partial charge < -0.3 is 4.74 Å². The first kappa shape index (κ1) is 17.0. The highest BCUT2D eigenvalue weighted by Gasteiger charge is 2.18. The van der Waals surface area contributed by atoms with E-state index in [1.165, 1.54) is 41.1 Å². The van der Waals surface area contributed by atoms with Crippen LogP contribution in [0, 0.1) is 24.1 Å². The lowest BCUT2D eigenvalue weighted by atomic mass is 10.2. The third-order valence-corrected chi connectivity index (χ3v) is 3.56. The molecule has 0 aliphatic carbocycles. The lowest BCUT2D eigenvalue weighted by Crippen LogP contribution is -2.26. The predicted octanol–water partition coefficient (Wildman–Crippen LogP) is 2.77. The third-order valence-electron chi connectivity index (χ3n) is 3.56. The summed E-state index contributed by atoms with van der Waals surface area (Å²) in [6.07, 6.45) is 0. The minimum atomic E-state index is -0.991. The average molecular weight is 349 g/mol. The van der Waals surface area contributed by atoms with Crippen molar-refractivity contribution in [2.75, 3.05) is 0 Å². The Kier molecular flexibility index (Phi) is 4.58. The molecule has 0 bridgehead atoms. The quantitative estimate of drug-likeness (QED) is 0.536. The summed E-state index contributed by atoms with van der Waals surface area (Å²) in [6, 6.07) is 14.9. The molecule has 3 rings (SSSR count). The van der Waals surface area contributed by atoms with Crippen LogP contribution in [0.4, 0.5) is 4.39 Å². The normalized spacial score (nSPS) is 10.2. The minimum Gasteiger partial charge on any atom is -0.422 e. The van der Waals surface area contributed by atoms with Gasteiger partial charge in [-0.2, -0.15) is 10.4 Å². The van der Waals surface area contributed by atoms with Crippen LogP contribution in [0.5, 0.6) is 5.75 Å². The topological polar surface area (TPSA) is 85.0 Å². The molecule has 0 saturated heterocycles. The van der Waals surface area contributed by atoms with E-state index in [-0.39, 0.29) is 11.4 Å². The van der Waals surface area contributed by atoms with Crippen LogP contribution in [-0.4, -0.2) is 15.7 Å². The summed E-state index contributed by atoms with van der Waals surface area (Å²) in [5, 5.41) is 12.9. The lowest BCUT2D eigenvalue weighted by Gasteiger charge is -2.11. The van der Waals surface area contributed by atoms with Gasteiger partial charge in [-0.25, -0.2) is 13.9 Å². The molecule has 26 heavy (non-hydrogen) atoms. The van der Waals surface area contributed by atoms with Gasteiger partial charge in [0.1, 0.15) is 17.3 Å². The Morgan fingerprint density at radius 1 is 1.19 bits per heavy atom. The van der Waals surface area contributed by atoms with E-state index in [1.54, 1.807) is 25.1 Å². The molecule has 2 aromatic carbocycles. The Morgan fingerprint density at radius 2 is 1.96 bits per heavy atom. The molecule has 128 valence electrons. The Bertz CT molecular complexity index is 1100. The molecule has 0 aliphatic heterocycles. The first-order chi connectivity index (χ1) is 12.5. The molecule has 0 spiro atoms. The zero-order chi connectivity index (χ0) is 18.7. The maximum absolute atomic E-state index is 14.0. The van der Waals surface area contributed by atoms with E-state index < -0.39 is 22.9 Å². The van der Waals surface area contributed by atoms with Crippen molar-refractivity contribution in [1.29, 1.82) is 5.26 Å². The molecule has 7 heteroatoms. The number of aryl methyl sites for hydroxylation is 1. The fourth-order valence-corrected chi connectivity index (χ4v) is 2.34. The molecule has 0 radical (unpaired) electrons. The number of benzene rings is 2. The molecule has 0 amide bonds. The van der Waals surface area contributed by atoms with Crippen LogP contribution in [0.2, 0.25) is 0 Å². The van der Waals surface area contributed by atoms with Gasteiger partial charge in [-0.05, 0) is 37.3 Å². The van der Waals surface area contributed by atoms with E-state index in [4.69, 9.17) is 10.00 Å². The van der Waals surface area contributed by atoms with Crippen molar-refractivity contribution in [3.8, 4) is 17.5 Å². The van der Waals surface area contributed by atoms with Gasteiger partial charge in [0, 0.05) is 11.8 Å². The van der Waals surface area contributed by atoms with Crippen LogP contribution in [0.1, 0.15) is 21.7 Å². The minimum absolute atomic E-state index is 0.102. The van der Waals surface area contributed by atoms with E-state index in [1.807, 2.05) is 6.07 Å².